The highest BCUT2D eigenvalue weighted by Gasteiger charge is 2.36. The van der Waals surface area contributed by atoms with Crippen LogP contribution in [0.1, 0.15) is 41.9 Å². The highest BCUT2D eigenvalue weighted by atomic mass is 32.1. The summed E-state index contributed by atoms with van der Waals surface area (Å²) in [5.41, 5.74) is 0.845. The minimum atomic E-state index is -0.358. The van der Waals surface area contributed by atoms with Crippen molar-refractivity contribution in [1.82, 2.24) is 20.5 Å². The van der Waals surface area contributed by atoms with Gasteiger partial charge in [0.15, 0.2) is 0 Å². The first kappa shape index (κ1) is 17.0. The number of aryl methyl sites for hydroxylation is 1. The highest BCUT2D eigenvalue weighted by molar-refractivity contribution is 7.15. The highest BCUT2D eigenvalue weighted by Crippen LogP contribution is 2.30. The van der Waals surface area contributed by atoms with E-state index in [2.05, 4.69) is 20.5 Å². The van der Waals surface area contributed by atoms with Crippen molar-refractivity contribution in [2.45, 2.75) is 39.7 Å². The van der Waals surface area contributed by atoms with Gasteiger partial charge in [-0.3, -0.25) is 14.5 Å². The maximum absolute atomic E-state index is 12.3. The zero-order valence-electron chi connectivity index (χ0n) is 13.8. The number of hydrogen-bond donors (Lipinski definition) is 1. The molecule has 1 N–H and O–H groups in total. The second-order valence-corrected chi connectivity index (χ2v) is 8.11. The molecule has 0 saturated carbocycles. The van der Waals surface area contributed by atoms with E-state index in [9.17, 15) is 9.59 Å². The molecule has 24 heavy (non-hydrogen) atoms. The van der Waals surface area contributed by atoms with Crippen molar-refractivity contribution in [3.8, 4) is 0 Å². The molecule has 3 rings (SSSR count). The molecule has 0 spiro atoms. The molecule has 2 amide bonds. The molecule has 1 atom stereocenters. The Labute approximate surface area is 148 Å². The van der Waals surface area contributed by atoms with E-state index in [1.54, 1.807) is 16.2 Å². The molecule has 0 aromatic carbocycles. The SMILES string of the molecule is Cc1nc(CNC(=O)C2CC(=O)N(c3nnc(C(C)C)s3)C2)cs1. The maximum atomic E-state index is 12.3. The lowest BCUT2D eigenvalue weighted by Crippen LogP contribution is -2.32. The first-order valence-corrected chi connectivity index (χ1v) is 9.46. The van der Waals surface area contributed by atoms with Crippen molar-refractivity contribution in [2.24, 2.45) is 5.92 Å². The molecule has 2 aromatic heterocycles. The second-order valence-electron chi connectivity index (χ2n) is 6.06. The Kier molecular flexibility index (Phi) is 4.91. The minimum Gasteiger partial charge on any atom is -0.350 e. The smallest absolute Gasteiger partial charge is 0.229 e. The van der Waals surface area contributed by atoms with Crippen molar-refractivity contribution in [3.63, 3.8) is 0 Å². The summed E-state index contributed by atoms with van der Waals surface area (Å²) in [6, 6.07) is 0. The molecule has 1 aliphatic heterocycles. The number of carbonyl (C=O) groups excluding carboxylic acids is 2. The first-order valence-electron chi connectivity index (χ1n) is 7.76. The van der Waals surface area contributed by atoms with E-state index in [0.717, 1.165) is 15.7 Å². The maximum Gasteiger partial charge on any atom is 0.229 e. The number of thiazole rings is 1. The summed E-state index contributed by atoms with van der Waals surface area (Å²) >= 11 is 2.96. The zero-order chi connectivity index (χ0) is 17.3. The van der Waals surface area contributed by atoms with Gasteiger partial charge in [-0.05, 0) is 6.92 Å². The monoisotopic (exact) mass is 365 g/mol. The summed E-state index contributed by atoms with van der Waals surface area (Å²) in [5.74, 6) is -0.283. The van der Waals surface area contributed by atoms with Gasteiger partial charge in [-0.25, -0.2) is 4.98 Å². The van der Waals surface area contributed by atoms with Crippen LogP contribution in [0.25, 0.3) is 0 Å². The third-order valence-corrected chi connectivity index (χ3v) is 5.83. The van der Waals surface area contributed by atoms with Gasteiger partial charge in [0.2, 0.25) is 16.9 Å². The predicted molar refractivity (Wildman–Crippen MR) is 93.2 cm³/mol. The van der Waals surface area contributed by atoms with Crippen LogP contribution >= 0.6 is 22.7 Å². The number of carbonyl (C=O) groups is 2. The van der Waals surface area contributed by atoms with Gasteiger partial charge in [0, 0.05) is 24.3 Å². The molecule has 9 heteroatoms. The van der Waals surface area contributed by atoms with Crippen LogP contribution in [0, 0.1) is 12.8 Å². The minimum absolute atomic E-state index is 0.0777. The van der Waals surface area contributed by atoms with Crippen LogP contribution < -0.4 is 10.2 Å². The molecule has 0 bridgehead atoms. The van der Waals surface area contributed by atoms with E-state index in [1.165, 1.54) is 11.3 Å². The number of amides is 2. The number of aromatic nitrogens is 3. The lowest BCUT2D eigenvalue weighted by Gasteiger charge is -2.12. The Morgan fingerprint density at radius 2 is 2.25 bits per heavy atom. The third-order valence-electron chi connectivity index (χ3n) is 3.76. The van der Waals surface area contributed by atoms with Gasteiger partial charge in [0.25, 0.3) is 0 Å². The van der Waals surface area contributed by atoms with Crippen molar-refractivity contribution in [1.29, 1.82) is 0 Å². The van der Waals surface area contributed by atoms with E-state index in [0.29, 0.717) is 18.2 Å². The Morgan fingerprint density at radius 1 is 1.46 bits per heavy atom. The van der Waals surface area contributed by atoms with E-state index >= 15 is 0 Å². The Hall–Kier alpha value is -1.87. The summed E-state index contributed by atoms with van der Waals surface area (Å²) < 4.78 is 0. The van der Waals surface area contributed by atoms with E-state index in [-0.39, 0.29) is 30.1 Å². The number of nitrogens with zero attached hydrogens (tertiary/aromatic N) is 4. The van der Waals surface area contributed by atoms with Crippen LogP contribution in [0.2, 0.25) is 0 Å². The summed E-state index contributed by atoms with van der Waals surface area (Å²) in [7, 11) is 0. The molecule has 1 unspecified atom stereocenters. The first-order chi connectivity index (χ1) is 11.4. The fraction of sp³-hybridized carbons (Fsp3) is 0.533. The number of rotatable bonds is 5. The van der Waals surface area contributed by atoms with E-state index in [1.807, 2.05) is 26.2 Å². The normalized spacial score (nSPS) is 17.8. The third kappa shape index (κ3) is 3.62. The second kappa shape index (κ2) is 6.94. The van der Waals surface area contributed by atoms with Gasteiger partial charge in [0.1, 0.15) is 5.01 Å². The van der Waals surface area contributed by atoms with Crippen molar-refractivity contribution in [2.75, 3.05) is 11.4 Å². The molecule has 1 saturated heterocycles. The molecule has 1 aliphatic rings. The van der Waals surface area contributed by atoms with Crippen molar-refractivity contribution < 1.29 is 9.59 Å². The van der Waals surface area contributed by atoms with Crippen molar-refractivity contribution >= 4 is 39.6 Å². The largest absolute Gasteiger partial charge is 0.350 e. The molecule has 3 heterocycles. The Morgan fingerprint density at radius 3 is 2.88 bits per heavy atom. The van der Waals surface area contributed by atoms with Gasteiger partial charge in [-0.1, -0.05) is 25.2 Å². The molecule has 1 fully saturated rings. The Bertz CT molecular complexity index is 755. The number of hydrogen-bond acceptors (Lipinski definition) is 7. The average Bonchev–Trinajstić information content (AvgIpc) is 3.24. The van der Waals surface area contributed by atoms with Crippen LogP contribution in [-0.2, 0) is 16.1 Å². The molecular formula is C15H19N5O2S2. The molecule has 128 valence electrons. The summed E-state index contributed by atoms with van der Waals surface area (Å²) in [6.07, 6.45) is 0.207. The lowest BCUT2D eigenvalue weighted by molar-refractivity contribution is -0.126. The van der Waals surface area contributed by atoms with Gasteiger partial charge in [-0.15, -0.1) is 21.5 Å². The fourth-order valence-corrected chi connectivity index (χ4v) is 3.93. The Balaban J connectivity index is 1.60. The summed E-state index contributed by atoms with van der Waals surface area (Å²) in [4.78, 5) is 30.4. The zero-order valence-corrected chi connectivity index (χ0v) is 15.4. The van der Waals surface area contributed by atoms with Crippen LogP contribution in [0.3, 0.4) is 0 Å². The molecule has 0 radical (unpaired) electrons. The standard InChI is InChI=1S/C15H19N5O2S2/c1-8(2)14-18-19-15(24-14)20-6-10(4-12(20)21)13(22)16-5-11-7-23-9(3)17-11/h7-8,10H,4-6H2,1-3H3,(H,16,22). The van der Waals surface area contributed by atoms with Gasteiger partial charge >= 0.3 is 0 Å². The summed E-state index contributed by atoms with van der Waals surface area (Å²) in [6.45, 7) is 6.74. The van der Waals surface area contributed by atoms with E-state index < -0.39 is 0 Å². The fourth-order valence-electron chi connectivity index (χ4n) is 2.45. The van der Waals surface area contributed by atoms with Crippen LogP contribution in [-0.4, -0.2) is 33.5 Å². The average molecular weight is 365 g/mol. The molecular weight excluding hydrogens is 346 g/mol. The summed E-state index contributed by atoms with van der Waals surface area (Å²) in [5, 5.41) is 15.4. The van der Waals surface area contributed by atoms with Gasteiger partial charge in [0.05, 0.1) is 23.2 Å². The van der Waals surface area contributed by atoms with Crippen LogP contribution in [0.5, 0.6) is 0 Å². The topological polar surface area (TPSA) is 88.1 Å². The molecule has 2 aromatic rings. The number of anilines is 1. The predicted octanol–water partition coefficient (Wildman–Crippen LogP) is 2.10. The number of nitrogens with one attached hydrogen (secondary N) is 1. The van der Waals surface area contributed by atoms with Crippen LogP contribution in [0.4, 0.5) is 5.13 Å². The molecule has 0 aliphatic carbocycles. The van der Waals surface area contributed by atoms with Crippen molar-refractivity contribution in [3.05, 3.63) is 21.1 Å². The van der Waals surface area contributed by atoms with E-state index in [4.69, 9.17) is 0 Å². The van der Waals surface area contributed by atoms with Gasteiger partial charge in [-0.2, -0.15) is 0 Å². The quantitative estimate of drug-likeness (QED) is 0.876. The lowest BCUT2D eigenvalue weighted by atomic mass is 10.1. The van der Waals surface area contributed by atoms with Crippen LogP contribution in [0.15, 0.2) is 5.38 Å². The molecule has 7 nitrogen and oxygen atoms in total. The van der Waals surface area contributed by atoms with Gasteiger partial charge < -0.3 is 5.32 Å².